The number of aromatic nitrogens is 1. The highest BCUT2D eigenvalue weighted by Crippen LogP contribution is 2.26. The van der Waals surface area contributed by atoms with Crippen LogP contribution in [-0.2, 0) is 0 Å². The Balaban J connectivity index is 3.38. The molecule has 0 spiro atoms. The summed E-state index contributed by atoms with van der Waals surface area (Å²) in [5.41, 5.74) is -1.22. The molecule has 0 aliphatic heterocycles. The zero-order valence-corrected chi connectivity index (χ0v) is 6.86. The summed E-state index contributed by atoms with van der Waals surface area (Å²) >= 11 is 5.26. The molecule has 0 aliphatic rings. The second-order valence-corrected chi connectivity index (χ2v) is 2.52. The van der Waals surface area contributed by atoms with Gasteiger partial charge in [0.2, 0.25) is 5.95 Å². The van der Waals surface area contributed by atoms with E-state index in [0.717, 1.165) is 0 Å². The van der Waals surface area contributed by atoms with Gasteiger partial charge in [0, 0.05) is 11.6 Å². The first-order valence-corrected chi connectivity index (χ1v) is 3.53. The van der Waals surface area contributed by atoms with Crippen LogP contribution < -0.4 is 0 Å². The third-order valence-electron chi connectivity index (χ3n) is 1.37. The molecule has 0 bridgehead atoms. The molecule has 0 saturated carbocycles. The van der Waals surface area contributed by atoms with Crippen LogP contribution in [0.3, 0.4) is 0 Å². The van der Waals surface area contributed by atoms with Crippen molar-refractivity contribution >= 4 is 17.9 Å². The normalized spacial score (nSPS) is 10.5. The Morgan fingerprint density at radius 2 is 2.15 bits per heavy atom. The van der Waals surface area contributed by atoms with Crippen LogP contribution in [0.15, 0.2) is 6.07 Å². The number of carbonyl (C=O) groups is 1. The van der Waals surface area contributed by atoms with Crippen molar-refractivity contribution < 1.29 is 18.0 Å². The number of halogens is 4. The lowest BCUT2D eigenvalue weighted by molar-refractivity contribution is 0.110. The first kappa shape index (κ1) is 9.98. The fourth-order valence-electron chi connectivity index (χ4n) is 0.809. The molecule has 0 radical (unpaired) electrons. The summed E-state index contributed by atoms with van der Waals surface area (Å²) in [4.78, 5) is 13.3. The monoisotopic (exact) mass is 209 g/mol. The van der Waals surface area contributed by atoms with E-state index in [1.165, 1.54) is 0 Å². The average molecular weight is 210 g/mol. The molecule has 70 valence electrons. The van der Waals surface area contributed by atoms with Crippen molar-refractivity contribution in [1.82, 2.24) is 4.98 Å². The number of aldehydes is 1. The third kappa shape index (κ3) is 1.98. The second kappa shape index (κ2) is 3.74. The molecule has 0 aromatic carbocycles. The van der Waals surface area contributed by atoms with Crippen molar-refractivity contribution in [3.63, 3.8) is 0 Å². The number of alkyl halides is 2. The summed E-state index contributed by atoms with van der Waals surface area (Å²) in [6, 6.07) is 0.486. The molecule has 0 unspecified atom stereocenters. The van der Waals surface area contributed by atoms with E-state index in [1.807, 2.05) is 0 Å². The number of hydrogen-bond donors (Lipinski definition) is 0. The van der Waals surface area contributed by atoms with Crippen LogP contribution in [0, 0.1) is 5.95 Å². The molecule has 0 amide bonds. The van der Waals surface area contributed by atoms with Gasteiger partial charge in [-0.2, -0.15) is 4.39 Å². The fraction of sp³-hybridized carbons (Fsp3) is 0.143. The van der Waals surface area contributed by atoms with E-state index in [0.29, 0.717) is 6.07 Å². The lowest BCUT2D eigenvalue weighted by atomic mass is 10.1. The summed E-state index contributed by atoms with van der Waals surface area (Å²) in [7, 11) is 0. The first-order valence-electron chi connectivity index (χ1n) is 3.15. The smallest absolute Gasteiger partial charge is 0.264 e. The highest BCUT2D eigenvalue weighted by Gasteiger charge is 2.17. The Labute approximate surface area is 76.3 Å². The van der Waals surface area contributed by atoms with Crippen LogP contribution in [0.2, 0.25) is 5.15 Å². The van der Waals surface area contributed by atoms with Gasteiger partial charge in [-0.1, -0.05) is 11.6 Å². The third-order valence-corrected chi connectivity index (χ3v) is 1.65. The van der Waals surface area contributed by atoms with Gasteiger partial charge in [0.05, 0.1) is 5.56 Å². The lowest BCUT2D eigenvalue weighted by Gasteiger charge is -2.03. The predicted molar refractivity (Wildman–Crippen MR) is 39.5 cm³/mol. The summed E-state index contributed by atoms with van der Waals surface area (Å²) in [6.07, 6.45) is -2.83. The largest absolute Gasteiger partial charge is 0.298 e. The molecular weight excluding hydrogens is 207 g/mol. The van der Waals surface area contributed by atoms with Gasteiger partial charge in [-0.05, 0) is 0 Å². The van der Waals surface area contributed by atoms with Crippen LogP contribution in [0.25, 0.3) is 0 Å². The minimum atomic E-state index is -2.95. The molecule has 1 aromatic rings. The zero-order valence-electron chi connectivity index (χ0n) is 6.10. The number of nitrogens with zero attached hydrogens (tertiary/aromatic N) is 1. The maximum atomic E-state index is 12.5. The summed E-state index contributed by atoms with van der Waals surface area (Å²) < 4.78 is 36.8. The number of rotatable bonds is 2. The van der Waals surface area contributed by atoms with Crippen LogP contribution >= 0.6 is 11.6 Å². The van der Waals surface area contributed by atoms with E-state index >= 15 is 0 Å². The predicted octanol–water partition coefficient (Wildman–Crippen LogP) is 2.62. The van der Waals surface area contributed by atoms with E-state index < -0.39 is 28.7 Å². The van der Waals surface area contributed by atoms with Crippen molar-refractivity contribution in [2.45, 2.75) is 6.43 Å². The summed E-state index contributed by atoms with van der Waals surface area (Å²) in [5, 5.41) is -0.551. The molecule has 1 heterocycles. The molecule has 0 saturated heterocycles. The Kier molecular flexibility index (Phi) is 2.87. The number of pyridine rings is 1. The van der Waals surface area contributed by atoms with E-state index in [9.17, 15) is 18.0 Å². The molecule has 0 N–H and O–H groups in total. The standard InChI is InChI=1S/C7H3ClF3NO/c8-6-4(2-13)3(7(10)11)1-5(9)12-6/h1-2,7H. The molecular formula is C7H3ClF3NO. The number of hydrogen-bond acceptors (Lipinski definition) is 2. The first-order chi connectivity index (χ1) is 6.06. The van der Waals surface area contributed by atoms with Gasteiger partial charge < -0.3 is 0 Å². The highest BCUT2D eigenvalue weighted by molar-refractivity contribution is 6.31. The van der Waals surface area contributed by atoms with Crippen molar-refractivity contribution in [2.75, 3.05) is 0 Å². The quantitative estimate of drug-likeness (QED) is 0.554. The Bertz CT molecular complexity index is 343. The lowest BCUT2D eigenvalue weighted by Crippen LogP contribution is -1.99. The van der Waals surface area contributed by atoms with Crippen molar-refractivity contribution in [1.29, 1.82) is 0 Å². The molecule has 6 heteroatoms. The van der Waals surface area contributed by atoms with E-state index in [-0.39, 0.29) is 6.29 Å². The molecule has 1 rings (SSSR count). The topological polar surface area (TPSA) is 30.0 Å². The maximum Gasteiger partial charge on any atom is 0.264 e. The minimum absolute atomic E-state index is 0.121. The Morgan fingerprint density at radius 3 is 2.62 bits per heavy atom. The van der Waals surface area contributed by atoms with Crippen LogP contribution in [0.4, 0.5) is 13.2 Å². The van der Waals surface area contributed by atoms with Gasteiger partial charge in [-0.3, -0.25) is 4.79 Å². The highest BCUT2D eigenvalue weighted by atomic mass is 35.5. The van der Waals surface area contributed by atoms with E-state index in [4.69, 9.17) is 11.6 Å². The molecule has 0 fully saturated rings. The van der Waals surface area contributed by atoms with Crippen molar-refractivity contribution in [3.05, 3.63) is 28.3 Å². The molecule has 13 heavy (non-hydrogen) atoms. The maximum absolute atomic E-state index is 12.5. The Hall–Kier alpha value is -1.10. The summed E-state index contributed by atoms with van der Waals surface area (Å²) in [5.74, 6) is -1.13. The Morgan fingerprint density at radius 1 is 1.54 bits per heavy atom. The van der Waals surface area contributed by atoms with Gasteiger partial charge in [0.1, 0.15) is 5.15 Å². The SMILES string of the molecule is O=Cc1c(C(F)F)cc(F)nc1Cl. The fourth-order valence-corrected chi connectivity index (χ4v) is 1.04. The van der Waals surface area contributed by atoms with E-state index in [2.05, 4.69) is 4.98 Å². The van der Waals surface area contributed by atoms with Gasteiger partial charge in [-0.25, -0.2) is 13.8 Å². The zero-order chi connectivity index (χ0) is 10.0. The van der Waals surface area contributed by atoms with Gasteiger partial charge in [0.15, 0.2) is 6.29 Å². The molecule has 2 nitrogen and oxygen atoms in total. The van der Waals surface area contributed by atoms with Crippen molar-refractivity contribution in [3.8, 4) is 0 Å². The average Bonchev–Trinajstić information content (AvgIpc) is 2.02. The van der Waals surface area contributed by atoms with E-state index in [1.54, 1.807) is 0 Å². The summed E-state index contributed by atoms with van der Waals surface area (Å²) in [6.45, 7) is 0. The van der Waals surface area contributed by atoms with Crippen molar-refractivity contribution in [2.24, 2.45) is 0 Å². The van der Waals surface area contributed by atoms with Gasteiger partial charge in [0.25, 0.3) is 6.43 Å². The van der Waals surface area contributed by atoms with Crippen LogP contribution in [0.5, 0.6) is 0 Å². The minimum Gasteiger partial charge on any atom is -0.298 e. The molecule has 0 atom stereocenters. The van der Waals surface area contributed by atoms with Gasteiger partial charge >= 0.3 is 0 Å². The van der Waals surface area contributed by atoms with Crippen LogP contribution in [0.1, 0.15) is 22.3 Å². The molecule has 0 aliphatic carbocycles. The number of carbonyl (C=O) groups excluding carboxylic acids is 1. The van der Waals surface area contributed by atoms with Gasteiger partial charge in [-0.15, -0.1) is 0 Å². The van der Waals surface area contributed by atoms with Crippen LogP contribution in [-0.4, -0.2) is 11.3 Å². The molecule has 1 aromatic heterocycles. The second-order valence-electron chi connectivity index (χ2n) is 2.16.